The van der Waals surface area contributed by atoms with Crippen LogP contribution >= 0.6 is 15.9 Å². The highest BCUT2D eigenvalue weighted by molar-refractivity contribution is 9.10. The fourth-order valence-corrected chi connectivity index (χ4v) is 3.01. The van der Waals surface area contributed by atoms with Gasteiger partial charge in [-0.15, -0.1) is 0 Å². The maximum absolute atomic E-state index is 12.2. The molecule has 1 amide bonds. The molecule has 0 aliphatic carbocycles. The molecule has 118 valence electrons. The number of hydrogen-bond donors (Lipinski definition) is 0. The number of nitrogens with zero attached hydrogens (tertiary/aromatic N) is 3. The molecule has 1 aliphatic heterocycles. The van der Waals surface area contributed by atoms with Crippen LogP contribution in [-0.4, -0.2) is 39.2 Å². The van der Waals surface area contributed by atoms with Gasteiger partial charge in [-0.05, 0) is 39.0 Å². The molecule has 0 unspecified atom stereocenters. The summed E-state index contributed by atoms with van der Waals surface area (Å²) in [4.78, 5) is 18.7. The Morgan fingerprint density at radius 1 is 1.27 bits per heavy atom. The van der Waals surface area contributed by atoms with Crippen molar-refractivity contribution in [2.45, 2.75) is 39.3 Å². The van der Waals surface area contributed by atoms with Crippen molar-refractivity contribution in [3.05, 3.63) is 28.5 Å². The molecule has 22 heavy (non-hydrogen) atoms. The maximum atomic E-state index is 12.2. The summed E-state index contributed by atoms with van der Waals surface area (Å²) in [5.41, 5.74) is 1.65. The predicted octanol–water partition coefficient (Wildman–Crippen LogP) is 3.59. The molecule has 2 aromatic rings. The van der Waals surface area contributed by atoms with E-state index in [0.29, 0.717) is 13.1 Å². The van der Waals surface area contributed by atoms with Crippen molar-refractivity contribution in [2.75, 3.05) is 13.1 Å². The third kappa shape index (κ3) is 3.11. The van der Waals surface area contributed by atoms with Crippen LogP contribution in [-0.2, 0) is 17.7 Å². The molecule has 0 bridgehead atoms. The maximum Gasteiger partial charge on any atom is 0.410 e. The van der Waals surface area contributed by atoms with Crippen LogP contribution in [0.25, 0.3) is 11.0 Å². The third-order valence-electron chi connectivity index (χ3n) is 3.64. The van der Waals surface area contributed by atoms with E-state index in [1.54, 1.807) is 4.90 Å². The van der Waals surface area contributed by atoms with Crippen molar-refractivity contribution in [1.82, 2.24) is 14.5 Å². The van der Waals surface area contributed by atoms with Gasteiger partial charge in [0.25, 0.3) is 0 Å². The lowest BCUT2D eigenvalue weighted by atomic mass is 10.2. The van der Waals surface area contributed by atoms with Crippen molar-refractivity contribution in [3.8, 4) is 0 Å². The van der Waals surface area contributed by atoms with Crippen LogP contribution in [0.3, 0.4) is 0 Å². The van der Waals surface area contributed by atoms with Gasteiger partial charge in [-0.25, -0.2) is 9.78 Å². The second kappa shape index (κ2) is 5.57. The Bertz CT molecular complexity index is 718. The average molecular weight is 366 g/mol. The highest BCUT2D eigenvalue weighted by atomic mass is 79.9. The summed E-state index contributed by atoms with van der Waals surface area (Å²) in [5, 5.41) is 0. The number of hydrogen-bond acceptors (Lipinski definition) is 3. The van der Waals surface area contributed by atoms with E-state index >= 15 is 0 Å². The minimum Gasteiger partial charge on any atom is -0.444 e. The molecule has 0 spiro atoms. The SMILES string of the molecule is CC(C)(C)OC(=O)N1CCc2nc3ccc(Br)cc3n2CC1. The fourth-order valence-electron chi connectivity index (χ4n) is 2.66. The summed E-state index contributed by atoms with van der Waals surface area (Å²) < 4.78 is 8.70. The van der Waals surface area contributed by atoms with Gasteiger partial charge in [-0.3, -0.25) is 0 Å². The Labute approximate surface area is 138 Å². The Kier molecular flexibility index (Phi) is 3.89. The van der Waals surface area contributed by atoms with Crippen molar-refractivity contribution >= 4 is 33.1 Å². The average Bonchev–Trinajstić information content (AvgIpc) is 2.61. The number of carbonyl (C=O) groups is 1. The van der Waals surface area contributed by atoms with E-state index < -0.39 is 5.60 Å². The Morgan fingerprint density at radius 3 is 2.77 bits per heavy atom. The van der Waals surface area contributed by atoms with Crippen molar-refractivity contribution < 1.29 is 9.53 Å². The number of benzene rings is 1. The molecule has 0 radical (unpaired) electrons. The van der Waals surface area contributed by atoms with Crippen LogP contribution in [0.2, 0.25) is 0 Å². The first-order valence-electron chi connectivity index (χ1n) is 7.46. The smallest absolute Gasteiger partial charge is 0.410 e. The predicted molar refractivity (Wildman–Crippen MR) is 88.9 cm³/mol. The van der Waals surface area contributed by atoms with E-state index in [-0.39, 0.29) is 6.09 Å². The molecule has 2 heterocycles. The third-order valence-corrected chi connectivity index (χ3v) is 4.13. The number of amides is 1. The lowest BCUT2D eigenvalue weighted by Gasteiger charge is -2.26. The van der Waals surface area contributed by atoms with Gasteiger partial charge in [-0.1, -0.05) is 15.9 Å². The zero-order valence-electron chi connectivity index (χ0n) is 13.1. The van der Waals surface area contributed by atoms with Gasteiger partial charge in [0, 0.05) is 30.5 Å². The van der Waals surface area contributed by atoms with E-state index in [1.165, 1.54) is 0 Å². The first kappa shape index (κ1) is 15.3. The van der Waals surface area contributed by atoms with E-state index in [2.05, 4.69) is 31.5 Å². The second-order valence-corrected chi connectivity index (χ2v) is 7.45. The van der Waals surface area contributed by atoms with Gasteiger partial charge in [-0.2, -0.15) is 0 Å². The summed E-state index contributed by atoms with van der Waals surface area (Å²) in [7, 11) is 0. The first-order chi connectivity index (χ1) is 10.3. The van der Waals surface area contributed by atoms with E-state index in [1.807, 2.05) is 32.9 Å². The van der Waals surface area contributed by atoms with Gasteiger partial charge < -0.3 is 14.2 Å². The number of fused-ring (bicyclic) bond motifs is 3. The molecule has 1 aliphatic rings. The molecule has 0 fully saturated rings. The Morgan fingerprint density at radius 2 is 2.05 bits per heavy atom. The number of imidazole rings is 1. The molecule has 1 aromatic heterocycles. The van der Waals surface area contributed by atoms with E-state index in [0.717, 1.165) is 34.3 Å². The zero-order valence-corrected chi connectivity index (χ0v) is 14.7. The zero-order chi connectivity index (χ0) is 15.9. The molecular weight excluding hydrogens is 346 g/mol. The molecule has 3 rings (SSSR count). The molecule has 5 nitrogen and oxygen atoms in total. The van der Waals surface area contributed by atoms with Crippen LogP contribution in [0.5, 0.6) is 0 Å². The van der Waals surface area contributed by atoms with E-state index in [4.69, 9.17) is 4.74 Å². The van der Waals surface area contributed by atoms with Gasteiger partial charge >= 0.3 is 6.09 Å². The molecule has 0 saturated carbocycles. The molecule has 0 N–H and O–H groups in total. The summed E-state index contributed by atoms with van der Waals surface area (Å²) in [5.74, 6) is 1.03. The quantitative estimate of drug-likeness (QED) is 0.716. The summed E-state index contributed by atoms with van der Waals surface area (Å²) >= 11 is 3.51. The molecule has 0 atom stereocenters. The monoisotopic (exact) mass is 365 g/mol. The van der Waals surface area contributed by atoms with Crippen LogP contribution in [0.1, 0.15) is 26.6 Å². The number of halogens is 1. The van der Waals surface area contributed by atoms with Gasteiger partial charge in [0.1, 0.15) is 11.4 Å². The highest BCUT2D eigenvalue weighted by Gasteiger charge is 2.25. The number of rotatable bonds is 0. The standard InChI is InChI=1S/C16H20BrN3O2/c1-16(2,3)22-15(21)19-7-6-14-18-12-5-4-11(17)10-13(12)20(14)9-8-19/h4-5,10H,6-9H2,1-3H3. The summed E-state index contributed by atoms with van der Waals surface area (Å²) in [6.07, 6.45) is 0.495. The van der Waals surface area contributed by atoms with Crippen LogP contribution < -0.4 is 0 Å². The van der Waals surface area contributed by atoms with Gasteiger partial charge in [0.2, 0.25) is 0 Å². The van der Waals surface area contributed by atoms with E-state index in [9.17, 15) is 4.79 Å². The van der Waals surface area contributed by atoms with Gasteiger partial charge in [0.05, 0.1) is 11.0 Å². The minimum atomic E-state index is -0.464. The molecular formula is C16H20BrN3O2. The van der Waals surface area contributed by atoms with Crippen molar-refractivity contribution in [2.24, 2.45) is 0 Å². The number of carbonyl (C=O) groups excluding carboxylic acids is 1. The number of aromatic nitrogens is 2. The van der Waals surface area contributed by atoms with Crippen molar-refractivity contribution in [1.29, 1.82) is 0 Å². The van der Waals surface area contributed by atoms with Crippen molar-refractivity contribution in [3.63, 3.8) is 0 Å². The lowest BCUT2D eigenvalue weighted by Crippen LogP contribution is -2.38. The van der Waals surface area contributed by atoms with Crippen LogP contribution in [0.15, 0.2) is 22.7 Å². The van der Waals surface area contributed by atoms with Crippen LogP contribution in [0.4, 0.5) is 4.79 Å². The second-order valence-electron chi connectivity index (χ2n) is 6.53. The van der Waals surface area contributed by atoms with Crippen LogP contribution in [0, 0.1) is 0 Å². The Balaban J connectivity index is 1.81. The molecule has 6 heteroatoms. The van der Waals surface area contributed by atoms with Gasteiger partial charge in [0.15, 0.2) is 0 Å². The fraction of sp³-hybridized carbons (Fsp3) is 0.500. The Hall–Kier alpha value is -1.56. The topological polar surface area (TPSA) is 47.4 Å². The molecule has 1 aromatic carbocycles. The largest absolute Gasteiger partial charge is 0.444 e. The normalized spacial score (nSPS) is 15.5. The summed E-state index contributed by atoms with van der Waals surface area (Å²) in [6.45, 7) is 7.68. The minimum absolute atomic E-state index is 0.247. The summed E-state index contributed by atoms with van der Waals surface area (Å²) in [6, 6.07) is 6.10. The highest BCUT2D eigenvalue weighted by Crippen LogP contribution is 2.23. The number of ether oxygens (including phenoxy) is 1. The molecule has 0 saturated heterocycles. The lowest BCUT2D eigenvalue weighted by molar-refractivity contribution is 0.0254. The first-order valence-corrected chi connectivity index (χ1v) is 8.25.